The molecular weight excluding hydrogens is 166 g/mol. The standard InChI is InChI=1S/C6H7NO3S/c1-7-4(2-5(8)9)3-11-6(7)10/h3H,2H2,1H3,(H,8,9). The molecule has 0 radical (unpaired) electrons. The number of thiazole rings is 1. The van der Waals surface area contributed by atoms with Crippen molar-refractivity contribution in [1.82, 2.24) is 4.57 Å². The summed E-state index contributed by atoms with van der Waals surface area (Å²) in [4.78, 5) is 20.9. The Morgan fingerprint density at radius 2 is 2.45 bits per heavy atom. The lowest BCUT2D eigenvalue weighted by Crippen LogP contribution is -2.13. The van der Waals surface area contributed by atoms with Crippen LogP contribution in [-0.4, -0.2) is 15.6 Å². The number of carboxylic acids is 1. The zero-order valence-electron chi connectivity index (χ0n) is 5.90. The van der Waals surface area contributed by atoms with Gasteiger partial charge in [0.2, 0.25) is 0 Å². The van der Waals surface area contributed by atoms with Crippen LogP contribution in [0.5, 0.6) is 0 Å². The molecule has 11 heavy (non-hydrogen) atoms. The summed E-state index contributed by atoms with van der Waals surface area (Å²) in [6, 6.07) is 0. The van der Waals surface area contributed by atoms with Crippen molar-refractivity contribution in [2.24, 2.45) is 7.05 Å². The van der Waals surface area contributed by atoms with Crippen LogP contribution in [0.3, 0.4) is 0 Å². The molecule has 1 rings (SSSR count). The third kappa shape index (κ3) is 1.68. The van der Waals surface area contributed by atoms with Crippen LogP contribution in [0.25, 0.3) is 0 Å². The SMILES string of the molecule is Cn1c(CC(=O)O)csc1=O. The fourth-order valence-corrected chi connectivity index (χ4v) is 1.46. The van der Waals surface area contributed by atoms with Gasteiger partial charge in [0, 0.05) is 18.1 Å². The minimum Gasteiger partial charge on any atom is -0.481 e. The topological polar surface area (TPSA) is 59.3 Å². The van der Waals surface area contributed by atoms with Crippen molar-refractivity contribution >= 4 is 17.3 Å². The summed E-state index contributed by atoms with van der Waals surface area (Å²) in [5.41, 5.74) is 0.549. The monoisotopic (exact) mass is 173 g/mol. The Labute approximate surface area is 66.7 Å². The molecule has 0 aliphatic carbocycles. The molecule has 0 aliphatic heterocycles. The minimum absolute atomic E-state index is 0.0881. The van der Waals surface area contributed by atoms with E-state index >= 15 is 0 Å². The Balaban J connectivity index is 2.96. The number of aromatic nitrogens is 1. The average Bonchev–Trinajstić information content (AvgIpc) is 2.18. The van der Waals surface area contributed by atoms with Gasteiger partial charge in [-0.3, -0.25) is 9.59 Å². The lowest BCUT2D eigenvalue weighted by Gasteiger charge is -1.94. The van der Waals surface area contributed by atoms with Crippen molar-refractivity contribution < 1.29 is 9.90 Å². The molecule has 5 heteroatoms. The summed E-state index contributed by atoms with van der Waals surface area (Å²) >= 11 is 1.02. The van der Waals surface area contributed by atoms with E-state index in [0.29, 0.717) is 5.69 Å². The van der Waals surface area contributed by atoms with E-state index in [9.17, 15) is 9.59 Å². The highest BCUT2D eigenvalue weighted by Gasteiger charge is 2.05. The summed E-state index contributed by atoms with van der Waals surface area (Å²) in [5.74, 6) is -0.918. The number of nitrogens with zero attached hydrogens (tertiary/aromatic N) is 1. The molecule has 0 unspecified atom stereocenters. The average molecular weight is 173 g/mol. The Bertz CT molecular complexity index is 325. The van der Waals surface area contributed by atoms with Crippen molar-refractivity contribution in [3.63, 3.8) is 0 Å². The maximum absolute atomic E-state index is 10.8. The third-order valence-electron chi connectivity index (χ3n) is 1.33. The van der Waals surface area contributed by atoms with Gasteiger partial charge in [0.15, 0.2) is 0 Å². The van der Waals surface area contributed by atoms with E-state index in [1.807, 2.05) is 0 Å². The molecule has 4 nitrogen and oxygen atoms in total. The highest BCUT2D eigenvalue weighted by atomic mass is 32.1. The lowest BCUT2D eigenvalue weighted by molar-refractivity contribution is -0.136. The minimum atomic E-state index is -0.918. The number of aliphatic carboxylic acids is 1. The molecule has 60 valence electrons. The van der Waals surface area contributed by atoms with Gasteiger partial charge in [0.05, 0.1) is 6.42 Å². The van der Waals surface area contributed by atoms with E-state index in [1.165, 1.54) is 4.57 Å². The molecule has 0 saturated heterocycles. The molecule has 1 aromatic heterocycles. The molecule has 0 aromatic carbocycles. The summed E-state index contributed by atoms with van der Waals surface area (Å²) in [6.07, 6.45) is -0.0881. The number of carbonyl (C=O) groups is 1. The summed E-state index contributed by atoms with van der Waals surface area (Å²) in [6.45, 7) is 0. The quantitative estimate of drug-likeness (QED) is 0.688. The molecule has 0 spiro atoms. The second-order valence-corrected chi connectivity index (χ2v) is 2.94. The summed E-state index contributed by atoms with van der Waals surface area (Å²) in [7, 11) is 1.57. The van der Waals surface area contributed by atoms with E-state index in [4.69, 9.17) is 5.11 Å². The smallest absolute Gasteiger partial charge is 0.309 e. The van der Waals surface area contributed by atoms with Gasteiger partial charge in [-0.2, -0.15) is 0 Å². The Morgan fingerprint density at radius 1 is 1.82 bits per heavy atom. The van der Waals surface area contributed by atoms with Gasteiger partial charge >= 0.3 is 10.8 Å². The van der Waals surface area contributed by atoms with Crippen molar-refractivity contribution in [3.8, 4) is 0 Å². The highest BCUT2D eigenvalue weighted by Crippen LogP contribution is 1.99. The number of hydrogen-bond donors (Lipinski definition) is 1. The first kappa shape index (κ1) is 8.00. The van der Waals surface area contributed by atoms with Crippen LogP contribution < -0.4 is 4.87 Å². The maximum atomic E-state index is 10.8. The van der Waals surface area contributed by atoms with E-state index < -0.39 is 5.97 Å². The molecule has 0 bridgehead atoms. The van der Waals surface area contributed by atoms with Gasteiger partial charge in [-0.05, 0) is 0 Å². The second-order valence-electron chi connectivity index (χ2n) is 2.12. The molecular formula is C6H7NO3S. The predicted molar refractivity (Wildman–Crippen MR) is 40.9 cm³/mol. The van der Waals surface area contributed by atoms with Crippen molar-refractivity contribution in [3.05, 3.63) is 20.7 Å². The first-order chi connectivity index (χ1) is 5.11. The molecule has 0 amide bonds. The van der Waals surface area contributed by atoms with Crippen molar-refractivity contribution in [2.45, 2.75) is 6.42 Å². The van der Waals surface area contributed by atoms with Crippen LogP contribution in [0.1, 0.15) is 5.69 Å². The zero-order chi connectivity index (χ0) is 8.43. The molecule has 0 fully saturated rings. The van der Waals surface area contributed by atoms with Gasteiger partial charge in [0.1, 0.15) is 0 Å². The zero-order valence-corrected chi connectivity index (χ0v) is 6.72. The summed E-state index contributed by atoms with van der Waals surface area (Å²) in [5, 5.41) is 9.96. The largest absolute Gasteiger partial charge is 0.481 e. The van der Waals surface area contributed by atoms with Crippen LogP contribution in [0.4, 0.5) is 0 Å². The van der Waals surface area contributed by atoms with Crippen molar-refractivity contribution in [1.29, 1.82) is 0 Å². The van der Waals surface area contributed by atoms with Crippen LogP contribution in [0, 0.1) is 0 Å². The third-order valence-corrected chi connectivity index (χ3v) is 2.20. The molecule has 0 aliphatic rings. The molecule has 0 atom stereocenters. The number of hydrogen-bond acceptors (Lipinski definition) is 3. The van der Waals surface area contributed by atoms with Crippen LogP contribution >= 0.6 is 11.3 Å². The van der Waals surface area contributed by atoms with Crippen molar-refractivity contribution in [2.75, 3.05) is 0 Å². The summed E-state index contributed by atoms with van der Waals surface area (Å²) < 4.78 is 1.35. The fourth-order valence-electron chi connectivity index (χ4n) is 0.709. The lowest BCUT2D eigenvalue weighted by atomic mass is 10.3. The fraction of sp³-hybridized carbons (Fsp3) is 0.333. The van der Waals surface area contributed by atoms with Crippen LogP contribution in [-0.2, 0) is 18.3 Å². The normalized spacial score (nSPS) is 9.91. The number of carboxylic acid groups (broad SMARTS) is 1. The highest BCUT2D eigenvalue weighted by molar-refractivity contribution is 7.07. The van der Waals surface area contributed by atoms with Gasteiger partial charge < -0.3 is 9.67 Å². The first-order valence-corrected chi connectivity index (χ1v) is 3.84. The van der Waals surface area contributed by atoms with E-state index in [2.05, 4.69) is 0 Å². The molecule has 1 aromatic rings. The van der Waals surface area contributed by atoms with Gasteiger partial charge in [0.25, 0.3) is 0 Å². The Kier molecular flexibility index (Phi) is 2.09. The van der Waals surface area contributed by atoms with Gasteiger partial charge in [-0.15, -0.1) is 0 Å². The van der Waals surface area contributed by atoms with E-state index in [0.717, 1.165) is 11.3 Å². The number of rotatable bonds is 2. The second kappa shape index (κ2) is 2.87. The maximum Gasteiger partial charge on any atom is 0.309 e. The van der Waals surface area contributed by atoms with E-state index in [-0.39, 0.29) is 11.3 Å². The first-order valence-electron chi connectivity index (χ1n) is 2.96. The van der Waals surface area contributed by atoms with Gasteiger partial charge in [-0.1, -0.05) is 11.3 Å². The van der Waals surface area contributed by atoms with Crippen LogP contribution in [0.2, 0.25) is 0 Å². The Morgan fingerprint density at radius 3 is 2.82 bits per heavy atom. The van der Waals surface area contributed by atoms with E-state index in [1.54, 1.807) is 12.4 Å². The molecule has 1 heterocycles. The Hall–Kier alpha value is -1.10. The van der Waals surface area contributed by atoms with Crippen LogP contribution in [0.15, 0.2) is 10.2 Å². The van der Waals surface area contributed by atoms with Gasteiger partial charge in [-0.25, -0.2) is 0 Å². The molecule has 1 N–H and O–H groups in total. The predicted octanol–water partition coefficient (Wildman–Crippen LogP) is 0.0739. The molecule has 0 saturated carbocycles.